The van der Waals surface area contributed by atoms with Gasteiger partial charge in [0.1, 0.15) is 6.61 Å². The maximum absolute atomic E-state index is 10.6. The van der Waals surface area contributed by atoms with Crippen molar-refractivity contribution in [2.45, 2.75) is 6.61 Å². The Kier molecular flexibility index (Phi) is 3.29. The van der Waals surface area contributed by atoms with Crippen LogP contribution in [0.2, 0.25) is 0 Å². The molecule has 0 fully saturated rings. The largest absolute Gasteiger partial charge is 0.460 e. The predicted molar refractivity (Wildman–Crippen MR) is 45.3 cm³/mol. The molecule has 64 valence electrons. The van der Waals surface area contributed by atoms with E-state index in [9.17, 15) is 4.79 Å². The average molecular weight is 167 g/mol. The van der Waals surface area contributed by atoms with Crippen LogP contribution >= 0.6 is 0 Å². The number of rotatable bonds is 3. The van der Waals surface area contributed by atoms with Crippen LogP contribution in [-0.2, 0) is 16.1 Å². The van der Waals surface area contributed by atoms with Gasteiger partial charge in [0.2, 0.25) is 0 Å². The van der Waals surface area contributed by atoms with Crippen LogP contribution in [-0.4, -0.2) is 12.5 Å². The third-order valence-corrected chi connectivity index (χ3v) is 1.41. The molecule has 1 rings (SSSR count). The van der Waals surface area contributed by atoms with Crippen molar-refractivity contribution in [3.8, 4) is 0 Å². The maximum atomic E-state index is 10.6. The number of esters is 1. The van der Waals surface area contributed by atoms with Crippen molar-refractivity contribution in [1.82, 2.24) is 0 Å². The Hall–Kier alpha value is -1.35. The van der Waals surface area contributed by atoms with Gasteiger partial charge in [-0.15, -0.1) is 0 Å². The number of benzene rings is 1. The summed E-state index contributed by atoms with van der Waals surface area (Å²) >= 11 is 0. The van der Waals surface area contributed by atoms with E-state index >= 15 is 0 Å². The summed E-state index contributed by atoms with van der Waals surface area (Å²) in [5.74, 6) is -0.376. The lowest BCUT2D eigenvalue weighted by Crippen LogP contribution is -2.16. The highest BCUT2D eigenvalue weighted by Crippen LogP contribution is 1.99. The molecule has 1 aromatic rings. The lowest BCUT2D eigenvalue weighted by molar-refractivity contribution is -0.143. The smallest absolute Gasteiger partial charge is 0.320 e. The zero-order chi connectivity index (χ0) is 8.81. The molecule has 0 saturated carbocycles. The second-order valence-electron chi connectivity index (χ2n) is 2.35. The molecule has 0 aliphatic carbocycles. The predicted octanol–water partition coefficient (Wildman–Crippen LogP) is 0.688. The van der Waals surface area contributed by atoms with Crippen molar-refractivity contribution in [1.29, 1.82) is 0 Å². The van der Waals surface area contributed by atoms with Crippen molar-refractivity contribution < 1.29 is 9.53 Å². The Balaban J connectivity index is 2.38. The highest BCUT2D eigenvalue weighted by Gasteiger charge is 1.97. The first kappa shape index (κ1) is 8.74. The fourth-order valence-corrected chi connectivity index (χ4v) is 0.797. The van der Waals surface area contributed by atoms with E-state index in [2.05, 4.69) is 0 Å². The lowest BCUT2D eigenvalue weighted by atomic mass is 10.2. The third kappa shape index (κ3) is 2.72. The zero-order valence-corrected chi connectivity index (χ0v) is 6.69. The van der Waals surface area contributed by atoms with E-state index in [-0.39, 0.29) is 12.5 Å². The minimum Gasteiger partial charge on any atom is -0.460 e. The van der Waals surface area contributed by atoms with E-state index < -0.39 is 0 Å². The molecule has 3 heteroatoms. The van der Waals surface area contributed by atoms with E-state index in [1.54, 1.807) is 0 Å². The number of ether oxygens (including phenoxy) is 1. The first-order valence-electron chi connectivity index (χ1n) is 3.72. The van der Waals surface area contributed by atoms with Gasteiger partial charge < -0.3 is 10.5 Å². The Labute approximate surface area is 71.1 Å². The number of nitrogens with two attached hydrogens (primary N) is 1. The van der Waals surface area contributed by atoms with Gasteiger partial charge in [-0.25, -0.2) is 0 Å². The Morgan fingerprint density at radius 2 is 2.00 bits per heavy atom. The fraction of sp³-hybridized carbons (Fsp3) is 0.222. The molecule has 12 heavy (non-hydrogen) atoms. The van der Waals surface area contributed by atoms with Crippen molar-refractivity contribution in [2.24, 2.45) is 5.73 Å². The van der Waals surface area contributed by atoms with Crippen molar-refractivity contribution in [2.75, 3.05) is 6.54 Å². The SMILES string of the molecule is N[13CH2][13C](=O)OCc1ccccc1. The van der Waals surface area contributed by atoms with E-state index in [1.165, 1.54) is 0 Å². The van der Waals surface area contributed by atoms with Gasteiger partial charge in [0.15, 0.2) is 0 Å². The monoisotopic (exact) mass is 167 g/mol. The zero-order valence-electron chi connectivity index (χ0n) is 6.69. The standard InChI is InChI=1S/C9H11NO2/c10-6-9(11)12-7-8-4-2-1-3-5-8/h1-5H,6-7,10H2/i6+1,9+1. The van der Waals surface area contributed by atoms with Gasteiger partial charge in [-0.3, -0.25) is 4.79 Å². The quantitative estimate of drug-likeness (QED) is 0.532. The van der Waals surface area contributed by atoms with Crippen LogP contribution < -0.4 is 5.73 Å². The van der Waals surface area contributed by atoms with Gasteiger partial charge in [0.05, 0.1) is 6.54 Å². The summed E-state index contributed by atoms with van der Waals surface area (Å²) in [6.07, 6.45) is 0. The molecule has 0 aliphatic rings. The summed E-state index contributed by atoms with van der Waals surface area (Å²) in [6.45, 7) is 0.240. The van der Waals surface area contributed by atoms with Crippen LogP contribution in [0.5, 0.6) is 0 Å². The van der Waals surface area contributed by atoms with E-state index in [1.807, 2.05) is 30.3 Å². The molecule has 0 atom stereocenters. The second kappa shape index (κ2) is 4.51. The summed E-state index contributed by atoms with van der Waals surface area (Å²) in [5.41, 5.74) is 6.03. The normalized spacial score (nSPS) is 9.42. The van der Waals surface area contributed by atoms with Crippen LogP contribution in [0, 0.1) is 0 Å². The van der Waals surface area contributed by atoms with Crippen LogP contribution in [0.15, 0.2) is 30.3 Å². The van der Waals surface area contributed by atoms with Gasteiger partial charge in [-0.2, -0.15) is 0 Å². The number of hydrogen-bond donors (Lipinski definition) is 1. The van der Waals surface area contributed by atoms with Gasteiger partial charge in [0, 0.05) is 0 Å². The Morgan fingerprint density at radius 3 is 2.58 bits per heavy atom. The first-order chi connectivity index (χ1) is 5.83. The van der Waals surface area contributed by atoms with Crippen LogP contribution in [0.3, 0.4) is 0 Å². The molecular weight excluding hydrogens is 156 g/mol. The van der Waals surface area contributed by atoms with Crippen LogP contribution in [0.25, 0.3) is 0 Å². The summed E-state index contributed by atoms with van der Waals surface area (Å²) < 4.78 is 4.81. The van der Waals surface area contributed by atoms with Crippen LogP contribution in [0.1, 0.15) is 5.56 Å². The average Bonchev–Trinajstić information content (AvgIpc) is 2.16. The van der Waals surface area contributed by atoms with Gasteiger partial charge in [-0.1, -0.05) is 30.3 Å². The highest BCUT2D eigenvalue weighted by atomic mass is 16.6. The number of hydrogen-bond acceptors (Lipinski definition) is 3. The molecule has 0 heterocycles. The van der Waals surface area contributed by atoms with E-state index in [0.717, 1.165) is 5.56 Å². The summed E-state index contributed by atoms with van der Waals surface area (Å²) in [4.78, 5) is 10.6. The Morgan fingerprint density at radius 1 is 1.33 bits per heavy atom. The Bertz CT molecular complexity index is 246. The van der Waals surface area contributed by atoms with Gasteiger partial charge in [-0.05, 0) is 5.56 Å². The lowest BCUT2D eigenvalue weighted by Gasteiger charge is -2.01. The van der Waals surface area contributed by atoms with E-state index in [4.69, 9.17) is 10.5 Å². The molecule has 0 aromatic heterocycles. The molecule has 0 saturated heterocycles. The van der Waals surface area contributed by atoms with Crippen molar-refractivity contribution in [3.63, 3.8) is 0 Å². The third-order valence-electron chi connectivity index (χ3n) is 1.41. The van der Waals surface area contributed by atoms with Crippen molar-refractivity contribution in [3.05, 3.63) is 35.9 Å². The molecule has 0 aliphatic heterocycles. The van der Waals surface area contributed by atoms with Crippen molar-refractivity contribution >= 4 is 5.97 Å². The molecule has 2 N–H and O–H groups in total. The summed E-state index contributed by atoms with van der Waals surface area (Å²) in [7, 11) is 0. The molecule has 1 aromatic carbocycles. The minimum absolute atomic E-state index is 0.0627. The fourth-order valence-electron chi connectivity index (χ4n) is 0.797. The molecule has 0 bridgehead atoms. The molecule has 0 spiro atoms. The molecule has 0 radical (unpaired) electrons. The summed E-state index contributed by atoms with van der Waals surface area (Å²) in [6, 6.07) is 9.49. The second-order valence-corrected chi connectivity index (χ2v) is 2.35. The summed E-state index contributed by atoms with van der Waals surface area (Å²) in [5, 5.41) is 0. The molecule has 0 unspecified atom stereocenters. The molecular formula is C9H11NO2. The first-order valence-corrected chi connectivity index (χ1v) is 3.72. The minimum atomic E-state index is -0.376. The molecule has 0 amide bonds. The maximum Gasteiger partial charge on any atom is 0.320 e. The van der Waals surface area contributed by atoms with Gasteiger partial charge >= 0.3 is 5.97 Å². The highest BCUT2D eigenvalue weighted by molar-refractivity contribution is 5.71. The van der Waals surface area contributed by atoms with E-state index in [0.29, 0.717) is 6.61 Å². The topological polar surface area (TPSA) is 52.3 Å². The number of carbonyl (C=O) groups excluding carboxylic acids is 1. The van der Waals surface area contributed by atoms with Crippen LogP contribution in [0.4, 0.5) is 0 Å². The van der Waals surface area contributed by atoms with Gasteiger partial charge in [0.25, 0.3) is 0 Å². The molecule has 3 nitrogen and oxygen atoms in total. The number of carbonyl (C=O) groups is 1.